The van der Waals surface area contributed by atoms with Crippen LogP contribution in [0.3, 0.4) is 0 Å². The van der Waals surface area contributed by atoms with Crippen LogP contribution < -0.4 is 5.32 Å². The van der Waals surface area contributed by atoms with Crippen LogP contribution in [0.25, 0.3) is 0 Å². The summed E-state index contributed by atoms with van der Waals surface area (Å²) in [5, 5.41) is 7.01. The maximum Gasteiger partial charge on any atom is 0.251 e. The molecule has 3 atom stereocenters. The maximum atomic E-state index is 13.6. The van der Waals surface area contributed by atoms with Crippen molar-refractivity contribution in [3.63, 3.8) is 0 Å². The third kappa shape index (κ3) is 3.79. The average Bonchev–Trinajstić information content (AvgIpc) is 3.43. The van der Waals surface area contributed by atoms with Gasteiger partial charge < -0.3 is 9.84 Å². The second-order valence-corrected chi connectivity index (χ2v) is 8.89. The van der Waals surface area contributed by atoms with E-state index in [9.17, 15) is 13.6 Å². The molecule has 1 saturated heterocycles. The zero-order valence-corrected chi connectivity index (χ0v) is 17.7. The molecule has 1 aliphatic heterocycles. The van der Waals surface area contributed by atoms with Gasteiger partial charge in [0.15, 0.2) is 17.5 Å². The van der Waals surface area contributed by atoms with E-state index in [1.165, 1.54) is 11.6 Å². The average molecular weight is 438 g/mol. The summed E-state index contributed by atoms with van der Waals surface area (Å²) >= 11 is 0. The summed E-state index contributed by atoms with van der Waals surface area (Å²) in [7, 11) is 0. The Morgan fingerprint density at radius 3 is 2.75 bits per heavy atom. The van der Waals surface area contributed by atoms with Crippen LogP contribution in [-0.4, -0.2) is 40.1 Å². The lowest BCUT2D eigenvalue weighted by molar-refractivity contribution is 0.0933. The van der Waals surface area contributed by atoms with Gasteiger partial charge in [0.1, 0.15) is 0 Å². The fourth-order valence-corrected chi connectivity index (χ4v) is 5.28. The van der Waals surface area contributed by atoms with E-state index < -0.39 is 17.5 Å². The normalized spacial score (nSPS) is 25.1. The fraction of sp³-hybridized carbons (Fsp3) is 0.375. The summed E-state index contributed by atoms with van der Waals surface area (Å²) in [5.74, 6) is -0.978. The molecule has 2 heterocycles. The molecule has 5 rings (SSSR count). The summed E-state index contributed by atoms with van der Waals surface area (Å²) < 4.78 is 32.4. The number of carbonyl (C=O) groups is 1. The van der Waals surface area contributed by atoms with Gasteiger partial charge in [-0.2, -0.15) is 4.98 Å². The molecule has 2 aliphatic rings. The standard InChI is InChI=1S/C24H24F2N4O2/c1-15-27-23(32-29-15)24-11-19(28-22(31)17-7-8-20(25)21(26)9-17)10-18(24)13-30(14-24)12-16-5-3-2-4-6-16/h2-9,18-19H,10-14H2,1H3,(H,28,31)/t18-,19+,24-/m0/s1. The highest BCUT2D eigenvalue weighted by Gasteiger charge is 2.57. The van der Waals surface area contributed by atoms with E-state index in [0.29, 0.717) is 18.1 Å². The predicted octanol–water partition coefficient (Wildman–Crippen LogP) is 3.62. The molecule has 6 nitrogen and oxygen atoms in total. The lowest BCUT2D eigenvalue weighted by Crippen LogP contribution is -2.38. The first kappa shape index (κ1) is 20.8. The van der Waals surface area contributed by atoms with Crippen molar-refractivity contribution in [1.82, 2.24) is 20.4 Å². The number of aromatic nitrogens is 2. The molecule has 0 bridgehead atoms. The molecule has 0 radical (unpaired) electrons. The molecule has 1 saturated carbocycles. The highest BCUT2D eigenvalue weighted by Crippen LogP contribution is 2.50. The zero-order valence-electron chi connectivity index (χ0n) is 17.7. The highest BCUT2D eigenvalue weighted by molar-refractivity contribution is 5.94. The molecule has 1 N–H and O–H groups in total. The largest absolute Gasteiger partial charge is 0.349 e. The summed E-state index contributed by atoms with van der Waals surface area (Å²) in [5.41, 5.74) is 1.00. The quantitative estimate of drug-likeness (QED) is 0.659. The number of halogens is 2. The van der Waals surface area contributed by atoms with Crippen molar-refractivity contribution in [3.8, 4) is 0 Å². The van der Waals surface area contributed by atoms with E-state index in [1.807, 2.05) is 18.2 Å². The van der Waals surface area contributed by atoms with Crippen LogP contribution in [-0.2, 0) is 12.0 Å². The minimum absolute atomic E-state index is 0.106. The number of rotatable bonds is 5. The summed E-state index contributed by atoms with van der Waals surface area (Å²) in [6, 6.07) is 13.4. The monoisotopic (exact) mass is 438 g/mol. The van der Waals surface area contributed by atoms with Crippen LogP contribution in [0.2, 0.25) is 0 Å². The summed E-state index contributed by atoms with van der Waals surface area (Å²) in [4.78, 5) is 19.6. The number of fused-ring (bicyclic) bond motifs is 1. The smallest absolute Gasteiger partial charge is 0.251 e. The van der Waals surface area contributed by atoms with Gasteiger partial charge in [-0.1, -0.05) is 35.5 Å². The van der Waals surface area contributed by atoms with Gasteiger partial charge in [0, 0.05) is 31.2 Å². The van der Waals surface area contributed by atoms with Gasteiger partial charge in [-0.25, -0.2) is 8.78 Å². The van der Waals surface area contributed by atoms with Gasteiger partial charge in [0.25, 0.3) is 5.91 Å². The molecule has 3 aromatic rings. The fourth-order valence-electron chi connectivity index (χ4n) is 5.28. The van der Waals surface area contributed by atoms with Crippen LogP contribution in [0.4, 0.5) is 8.78 Å². The molecule has 166 valence electrons. The number of amides is 1. The lowest BCUT2D eigenvalue weighted by Gasteiger charge is -2.25. The Morgan fingerprint density at radius 2 is 2.03 bits per heavy atom. The third-order valence-corrected chi connectivity index (χ3v) is 6.67. The minimum Gasteiger partial charge on any atom is -0.349 e. The number of hydrogen-bond acceptors (Lipinski definition) is 5. The number of likely N-dealkylation sites (tertiary alicyclic amines) is 1. The summed E-state index contributed by atoms with van der Waals surface area (Å²) in [6.07, 6.45) is 1.40. The van der Waals surface area contributed by atoms with Crippen molar-refractivity contribution in [2.24, 2.45) is 5.92 Å². The topological polar surface area (TPSA) is 71.3 Å². The van der Waals surface area contributed by atoms with Gasteiger partial charge >= 0.3 is 0 Å². The Labute approximate surface area is 184 Å². The van der Waals surface area contributed by atoms with E-state index in [-0.39, 0.29) is 22.9 Å². The Balaban J connectivity index is 1.34. The molecule has 0 spiro atoms. The third-order valence-electron chi connectivity index (χ3n) is 6.67. The van der Waals surface area contributed by atoms with Crippen molar-refractivity contribution >= 4 is 5.91 Å². The van der Waals surface area contributed by atoms with Crippen molar-refractivity contribution in [1.29, 1.82) is 0 Å². The van der Waals surface area contributed by atoms with E-state index >= 15 is 0 Å². The van der Waals surface area contributed by atoms with E-state index in [4.69, 9.17) is 4.52 Å². The molecule has 2 fully saturated rings. The molecule has 1 aliphatic carbocycles. The highest BCUT2D eigenvalue weighted by atomic mass is 19.2. The van der Waals surface area contributed by atoms with Crippen LogP contribution in [0.1, 0.15) is 40.5 Å². The Bertz CT molecular complexity index is 1140. The van der Waals surface area contributed by atoms with E-state index in [1.54, 1.807) is 6.92 Å². The Hall–Kier alpha value is -3.13. The first-order chi connectivity index (χ1) is 15.4. The van der Waals surface area contributed by atoms with Crippen LogP contribution in [0.5, 0.6) is 0 Å². The van der Waals surface area contributed by atoms with Gasteiger partial charge in [0.05, 0.1) is 5.41 Å². The molecule has 32 heavy (non-hydrogen) atoms. The number of hydrogen-bond donors (Lipinski definition) is 1. The zero-order chi connectivity index (χ0) is 22.3. The van der Waals surface area contributed by atoms with Crippen LogP contribution in [0.15, 0.2) is 53.1 Å². The molecule has 8 heteroatoms. The minimum atomic E-state index is -1.03. The van der Waals surface area contributed by atoms with Crippen molar-refractivity contribution in [2.75, 3.05) is 13.1 Å². The lowest BCUT2D eigenvalue weighted by atomic mass is 9.80. The van der Waals surface area contributed by atoms with Gasteiger partial charge in [-0.05, 0) is 49.4 Å². The predicted molar refractivity (Wildman–Crippen MR) is 113 cm³/mol. The number of nitrogens with zero attached hydrogens (tertiary/aromatic N) is 3. The molecule has 2 aromatic carbocycles. The van der Waals surface area contributed by atoms with E-state index in [0.717, 1.165) is 38.2 Å². The van der Waals surface area contributed by atoms with Gasteiger partial charge in [-0.3, -0.25) is 9.69 Å². The molecule has 1 amide bonds. The van der Waals surface area contributed by atoms with Crippen molar-refractivity contribution in [3.05, 3.63) is 83.0 Å². The van der Waals surface area contributed by atoms with Gasteiger partial charge in [-0.15, -0.1) is 0 Å². The first-order valence-corrected chi connectivity index (χ1v) is 10.8. The number of benzene rings is 2. The molecular formula is C24H24F2N4O2. The number of carbonyl (C=O) groups excluding carboxylic acids is 1. The first-order valence-electron chi connectivity index (χ1n) is 10.8. The van der Waals surface area contributed by atoms with Crippen molar-refractivity contribution in [2.45, 2.75) is 37.8 Å². The second-order valence-electron chi connectivity index (χ2n) is 8.89. The maximum absolute atomic E-state index is 13.6. The summed E-state index contributed by atoms with van der Waals surface area (Å²) in [6.45, 7) is 4.24. The van der Waals surface area contributed by atoms with Gasteiger partial charge in [0.2, 0.25) is 5.89 Å². The van der Waals surface area contributed by atoms with E-state index in [2.05, 4.69) is 32.5 Å². The SMILES string of the molecule is Cc1noc([C@]23C[C@H](NC(=O)c4ccc(F)c(F)c4)C[C@H]2CN(Cc2ccccc2)C3)n1. The number of nitrogens with one attached hydrogen (secondary N) is 1. The van der Waals surface area contributed by atoms with Crippen molar-refractivity contribution < 1.29 is 18.1 Å². The Morgan fingerprint density at radius 1 is 1.22 bits per heavy atom. The van der Waals surface area contributed by atoms with Crippen LogP contribution in [0, 0.1) is 24.5 Å². The molecule has 1 aromatic heterocycles. The second kappa shape index (κ2) is 8.09. The Kier molecular flexibility index (Phi) is 5.25. The van der Waals surface area contributed by atoms with Crippen LogP contribution >= 0.6 is 0 Å². The molecular weight excluding hydrogens is 414 g/mol. The number of aryl methyl sites for hydroxylation is 1. The molecule has 0 unspecified atom stereocenters.